The Morgan fingerprint density at radius 1 is 1.25 bits per heavy atom. The molecule has 104 valence electrons. The van der Waals surface area contributed by atoms with Crippen molar-refractivity contribution in [3.8, 4) is 17.2 Å². The van der Waals surface area contributed by atoms with Gasteiger partial charge in [0.05, 0.1) is 11.9 Å². The number of benzene rings is 1. The van der Waals surface area contributed by atoms with Gasteiger partial charge in [-0.15, -0.1) is 0 Å². The van der Waals surface area contributed by atoms with Crippen molar-refractivity contribution in [1.82, 2.24) is 4.98 Å². The molecule has 1 atom stereocenters. The van der Waals surface area contributed by atoms with E-state index in [9.17, 15) is 0 Å². The summed E-state index contributed by atoms with van der Waals surface area (Å²) >= 11 is 0. The number of fused-ring (bicyclic) bond motifs is 1. The predicted molar refractivity (Wildman–Crippen MR) is 73.7 cm³/mol. The van der Waals surface area contributed by atoms with Crippen molar-refractivity contribution < 1.29 is 14.2 Å². The van der Waals surface area contributed by atoms with E-state index >= 15 is 0 Å². The van der Waals surface area contributed by atoms with Crippen LogP contribution in [0.3, 0.4) is 0 Å². The minimum atomic E-state index is -0.0714. The van der Waals surface area contributed by atoms with Crippen LogP contribution in [0.25, 0.3) is 0 Å². The van der Waals surface area contributed by atoms with Crippen LogP contribution in [0.2, 0.25) is 0 Å². The smallest absolute Gasteiger partial charge is 0.231 e. The Balaban J connectivity index is 1.64. The van der Waals surface area contributed by atoms with Gasteiger partial charge in [-0.2, -0.15) is 0 Å². The van der Waals surface area contributed by atoms with E-state index in [1.54, 1.807) is 6.20 Å². The maximum absolute atomic E-state index is 5.75. The molecule has 0 saturated carbocycles. The van der Waals surface area contributed by atoms with Gasteiger partial charge in [-0.05, 0) is 36.8 Å². The van der Waals surface area contributed by atoms with E-state index in [1.165, 1.54) is 0 Å². The third kappa shape index (κ3) is 2.67. The molecule has 3 rings (SSSR count). The molecule has 2 aromatic rings. The molecule has 1 aliphatic heterocycles. The van der Waals surface area contributed by atoms with Gasteiger partial charge in [-0.1, -0.05) is 6.07 Å². The second-order valence-corrected chi connectivity index (χ2v) is 4.68. The Hall–Kier alpha value is -2.27. The van der Waals surface area contributed by atoms with Crippen molar-refractivity contribution in [2.75, 3.05) is 6.79 Å². The Kier molecular flexibility index (Phi) is 3.43. The van der Waals surface area contributed by atoms with Gasteiger partial charge in [-0.3, -0.25) is 4.98 Å². The van der Waals surface area contributed by atoms with Crippen molar-refractivity contribution in [3.63, 3.8) is 0 Å². The van der Waals surface area contributed by atoms with E-state index < -0.39 is 0 Å². The zero-order valence-electron chi connectivity index (χ0n) is 11.2. The van der Waals surface area contributed by atoms with Gasteiger partial charge in [-0.25, -0.2) is 0 Å². The van der Waals surface area contributed by atoms with Crippen molar-refractivity contribution in [3.05, 3.63) is 47.8 Å². The molecule has 0 spiro atoms. The highest BCUT2D eigenvalue weighted by molar-refractivity contribution is 5.44. The fourth-order valence-electron chi connectivity index (χ4n) is 1.94. The van der Waals surface area contributed by atoms with Crippen LogP contribution in [0.5, 0.6) is 17.2 Å². The first-order valence-electron chi connectivity index (χ1n) is 6.45. The van der Waals surface area contributed by atoms with Gasteiger partial charge >= 0.3 is 0 Å². The highest BCUT2D eigenvalue weighted by atomic mass is 16.7. The third-order valence-corrected chi connectivity index (χ3v) is 3.07. The van der Waals surface area contributed by atoms with Gasteiger partial charge in [0, 0.05) is 6.04 Å². The Labute approximate surface area is 117 Å². The molecule has 5 nitrogen and oxygen atoms in total. The summed E-state index contributed by atoms with van der Waals surface area (Å²) < 4.78 is 16.3. The van der Waals surface area contributed by atoms with Crippen LogP contribution in [0.1, 0.15) is 24.2 Å². The zero-order chi connectivity index (χ0) is 13.9. The van der Waals surface area contributed by atoms with Gasteiger partial charge in [0.1, 0.15) is 12.4 Å². The Morgan fingerprint density at radius 3 is 2.85 bits per heavy atom. The molecular formula is C15H16N2O3. The van der Waals surface area contributed by atoms with E-state index in [2.05, 4.69) is 4.98 Å². The second kappa shape index (κ2) is 5.38. The van der Waals surface area contributed by atoms with Crippen molar-refractivity contribution in [1.29, 1.82) is 0 Å². The molecule has 0 radical (unpaired) electrons. The van der Waals surface area contributed by atoms with E-state index in [4.69, 9.17) is 19.9 Å². The molecule has 0 amide bonds. The summed E-state index contributed by atoms with van der Waals surface area (Å²) in [5.41, 5.74) is 7.62. The summed E-state index contributed by atoms with van der Waals surface area (Å²) in [5, 5.41) is 0. The predicted octanol–water partition coefficient (Wildman–Crippen LogP) is 2.41. The minimum Gasteiger partial charge on any atom is -0.487 e. The molecule has 2 N–H and O–H groups in total. The zero-order valence-corrected chi connectivity index (χ0v) is 11.2. The van der Waals surface area contributed by atoms with Gasteiger partial charge < -0.3 is 19.9 Å². The number of nitrogens with zero attached hydrogens (tertiary/aromatic N) is 1. The maximum atomic E-state index is 5.75. The molecule has 1 aromatic carbocycles. The Morgan fingerprint density at radius 2 is 2.10 bits per heavy atom. The van der Waals surface area contributed by atoms with E-state index in [0.717, 1.165) is 22.8 Å². The molecule has 0 fully saturated rings. The summed E-state index contributed by atoms with van der Waals surface area (Å²) in [6.07, 6.45) is 1.69. The lowest BCUT2D eigenvalue weighted by atomic mass is 10.2. The fraction of sp³-hybridized carbons (Fsp3) is 0.267. The molecule has 2 heterocycles. The van der Waals surface area contributed by atoms with Gasteiger partial charge in [0.15, 0.2) is 11.5 Å². The maximum Gasteiger partial charge on any atom is 0.231 e. The standard InChI is InChI=1S/C15H16N2O3/c1-10(16)13-4-3-12(7-17-13)18-8-11-2-5-14-15(6-11)20-9-19-14/h2-7,10H,8-9,16H2,1H3/t10-/m1/s1. The molecule has 20 heavy (non-hydrogen) atoms. The van der Waals surface area contributed by atoms with Crippen LogP contribution in [0.4, 0.5) is 0 Å². The molecule has 5 heteroatoms. The van der Waals surface area contributed by atoms with Crippen LogP contribution in [0.15, 0.2) is 36.5 Å². The third-order valence-electron chi connectivity index (χ3n) is 3.07. The quantitative estimate of drug-likeness (QED) is 0.925. The van der Waals surface area contributed by atoms with E-state index in [-0.39, 0.29) is 12.8 Å². The average molecular weight is 272 g/mol. The molecule has 1 aromatic heterocycles. The van der Waals surface area contributed by atoms with Crippen molar-refractivity contribution in [2.45, 2.75) is 19.6 Å². The van der Waals surface area contributed by atoms with Crippen molar-refractivity contribution in [2.24, 2.45) is 5.73 Å². The molecule has 0 aliphatic carbocycles. The molecule has 0 bridgehead atoms. The molecular weight excluding hydrogens is 256 g/mol. The van der Waals surface area contributed by atoms with Crippen LogP contribution >= 0.6 is 0 Å². The molecule has 0 unspecified atom stereocenters. The number of hydrogen-bond donors (Lipinski definition) is 1. The van der Waals surface area contributed by atoms with Gasteiger partial charge in [0.25, 0.3) is 0 Å². The lowest BCUT2D eigenvalue weighted by molar-refractivity contribution is 0.174. The molecule has 0 saturated heterocycles. The largest absolute Gasteiger partial charge is 0.487 e. The van der Waals surface area contributed by atoms with Crippen LogP contribution in [-0.4, -0.2) is 11.8 Å². The highest BCUT2D eigenvalue weighted by Gasteiger charge is 2.13. The summed E-state index contributed by atoms with van der Waals surface area (Å²) in [6.45, 7) is 2.63. The second-order valence-electron chi connectivity index (χ2n) is 4.68. The van der Waals surface area contributed by atoms with Gasteiger partial charge in [0.2, 0.25) is 6.79 Å². The number of hydrogen-bond acceptors (Lipinski definition) is 5. The SMILES string of the molecule is C[C@@H](N)c1ccc(OCc2ccc3c(c2)OCO3)cn1. The van der Waals surface area contributed by atoms with Crippen LogP contribution < -0.4 is 19.9 Å². The lowest BCUT2D eigenvalue weighted by Crippen LogP contribution is -2.07. The normalized spacial score (nSPS) is 14.1. The highest BCUT2D eigenvalue weighted by Crippen LogP contribution is 2.32. The fourth-order valence-corrected chi connectivity index (χ4v) is 1.94. The molecule has 1 aliphatic rings. The summed E-state index contributed by atoms with van der Waals surface area (Å²) in [4.78, 5) is 4.25. The number of rotatable bonds is 4. The summed E-state index contributed by atoms with van der Waals surface area (Å²) in [5.74, 6) is 2.25. The Bertz CT molecular complexity index is 597. The van der Waals surface area contributed by atoms with E-state index in [0.29, 0.717) is 12.4 Å². The first kappa shape index (κ1) is 12.7. The minimum absolute atomic E-state index is 0.0714. The summed E-state index contributed by atoms with van der Waals surface area (Å²) in [6, 6.07) is 9.44. The van der Waals surface area contributed by atoms with Crippen LogP contribution in [0, 0.1) is 0 Å². The summed E-state index contributed by atoms with van der Waals surface area (Å²) in [7, 11) is 0. The first-order chi connectivity index (χ1) is 9.72. The van der Waals surface area contributed by atoms with Crippen LogP contribution in [-0.2, 0) is 6.61 Å². The number of aromatic nitrogens is 1. The average Bonchev–Trinajstić information content (AvgIpc) is 2.93. The van der Waals surface area contributed by atoms with E-state index in [1.807, 2.05) is 37.3 Å². The van der Waals surface area contributed by atoms with Crippen molar-refractivity contribution >= 4 is 0 Å². The monoisotopic (exact) mass is 272 g/mol. The topological polar surface area (TPSA) is 66.6 Å². The number of ether oxygens (including phenoxy) is 3. The lowest BCUT2D eigenvalue weighted by Gasteiger charge is -2.08. The number of pyridine rings is 1. The first-order valence-corrected chi connectivity index (χ1v) is 6.45. The number of nitrogens with two attached hydrogens (primary N) is 1.